The minimum absolute atomic E-state index is 0.172. The maximum absolute atomic E-state index is 10.9. The number of nitro benzene ring substituents is 1. The second-order valence-electron chi connectivity index (χ2n) is 4.82. The molecule has 0 amide bonds. The van der Waals surface area contributed by atoms with Crippen LogP contribution in [0.15, 0.2) is 12.1 Å². The summed E-state index contributed by atoms with van der Waals surface area (Å²) >= 11 is 0. The van der Waals surface area contributed by atoms with Crippen LogP contribution in [0.1, 0.15) is 17.5 Å². The molecule has 0 saturated carbocycles. The molecule has 1 aromatic carbocycles. The van der Waals surface area contributed by atoms with Gasteiger partial charge in [-0.05, 0) is 31.9 Å². The van der Waals surface area contributed by atoms with Crippen molar-refractivity contribution < 1.29 is 9.66 Å². The standard InChI is InChI=1S/C13H18N2O3/c1-9-5-10(2)13(15(16)17)6-12(9)14-7-11-3-4-18-8-11/h5-6,11,14H,3-4,7-8H2,1-2H3. The molecule has 1 atom stereocenters. The van der Waals surface area contributed by atoms with Crippen molar-refractivity contribution in [3.8, 4) is 0 Å². The molecule has 0 bridgehead atoms. The molecular formula is C13H18N2O3. The first-order chi connectivity index (χ1) is 8.58. The maximum Gasteiger partial charge on any atom is 0.274 e. The summed E-state index contributed by atoms with van der Waals surface area (Å²) in [5.74, 6) is 0.504. The average molecular weight is 250 g/mol. The van der Waals surface area contributed by atoms with Crippen LogP contribution in [0.5, 0.6) is 0 Å². The first-order valence-corrected chi connectivity index (χ1v) is 6.15. The van der Waals surface area contributed by atoms with Gasteiger partial charge in [0.25, 0.3) is 5.69 Å². The van der Waals surface area contributed by atoms with Gasteiger partial charge in [-0.2, -0.15) is 0 Å². The van der Waals surface area contributed by atoms with Gasteiger partial charge in [0, 0.05) is 36.4 Å². The summed E-state index contributed by atoms with van der Waals surface area (Å²) in [7, 11) is 0. The van der Waals surface area contributed by atoms with E-state index in [0.29, 0.717) is 11.5 Å². The minimum Gasteiger partial charge on any atom is -0.384 e. The third-order valence-electron chi connectivity index (χ3n) is 3.34. The minimum atomic E-state index is -0.335. The number of benzene rings is 1. The number of nitrogens with one attached hydrogen (secondary N) is 1. The number of nitro groups is 1. The lowest BCUT2D eigenvalue weighted by molar-refractivity contribution is -0.385. The third kappa shape index (κ3) is 2.79. The molecule has 5 nitrogen and oxygen atoms in total. The van der Waals surface area contributed by atoms with Crippen molar-refractivity contribution in [2.75, 3.05) is 25.1 Å². The van der Waals surface area contributed by atoms with Crippen molar-refractivity contribution in [1.82, 2.24) is 0 Å². The average Bonchev–Trinajstić information content (AvgIpc) is 2.80. The van der Waals surface area contributed by atoms with Crippen molar-refractivity contribution in [3.63, 3.8) is 0 Å². The molecule has 0 aliphatic carbocycles. The molecule has 1 aromatic rings. The summed E-state index contributed by atoms with van der Waals surface area (Å²) in [6.45, 7) is 6.13. The van der Waals surface area contributed by atoms with Gasteiger partial charge in [0.05, 0.1) is 11.5 Å². The van der Waals surface area contributed by atoms with E-state index in [2.05, 4.69) is 5.32 Å². The van der Waals surface area contributed by atoms with E-state index >= 15 is 0 Å². The quantitative estimate of drug-likeness (QED) is 0.659. The van der Waals surface area contributed by atoms with Gasteiger partial charge in [0.15, 0.2) is 0 Å². The Kier molecular flexibility index (Phi) is 3.81. The van der Waals surface area contributed by atoms with E-state index in [1.54, 1.807) is 13.0 Å². The largest absolute Gasteiger partial charge is 0.384 e. The molecular weight excluding hydrogens is 232 g/mol. The third-order valence-corrected chi connectivity index (χ3v) is 3.34. The predicted octanol–water partition coefficient (Wildman–Crippen LogP) is 2.66. The number of anilines is 1. The van der Waals surface area contributed by atoms with Gasteiger partial charge in [0.1, 0.15) is 0 Å². The normalized spacial score (nSPS) is 18.9. The van der Waals surface area contributed by atoms with E-state index in [0.717, 1.165) is 37.4 Å². The Hall–Kier alpha value is -1.62. The first kappa shape index (κ1) is 12.8. The highest BCUT2D eigenvalue weighted by Crippen LogP contribution is 2.26. The van der Waals surface area contributed by atoms with Crippen LogP contribution >= 0.6 is 0 Å². The molecule has 1 aliphatic heterocycles. The van der Waals surface area contributed by atoms with Crippen LogP contribution in [-0.4, -0.2) is 24.7 Å². The number of aryl methyl sites for hydroxylation is 2. The van der Waals surface area contributed by atoms with Crippen LogP contribution in [0, 0.1) is 29.9 Å². The fourth-order valence-corrected chi connectivity index (χ4v) is 2.23. The summed E-state index contributed by atoms with van der Waals surface area (Å²) in [6.07, 6.45) is 1.06. The number of hydrogen-bond donors (Lipinski definition) is 1. The molecule has 1 fully saturated rings. The second kappa shape index (κ2) is 5.35. The lowest BCUT2D eigenvalue weighted by Gasteiger charge is -2.13. The summed E-state index contributed by atoms with van der Waals surface area (Å²) in [6, 6.07) is 3.48. The van der Waals surface area contributed by atoms with Gasteiger partial charge in [-0.15, -0.1) is 0 Å². The first-order valence-electron chi connectivity index (χ1n) is 6.15. The molecule has 1 aliphatic rings. The summed E-state index contributed by atoms with van der Waals surface area (Å²) in [4.78, 5) is 10.6. The van der Waals surface area contributed by atoms with E-state index < -0.39 is 0 Å². The molecule has 2 rings (SSSR count). The molecule has 5 heteroatoms. The van der Waals surface area contributed by atoms with E-state index in [-0.39, 0.29) is 10.6 Å². The van der Waals surface area contributed by atoms with Crippen molar-refractivity contribution in [2.24, 2.45) is 5.92 Å². The van der Waals surface area contributed by atoms with E-state index in [1.165, 1.54) is 0 Å². The molecule has 0 radical (unpaired) electrons. The zero-order valence-electron chi connectivity index (χ0n) is 10.7. The van der Waals surface area contributed by atoms with Crippen molar-refractivity contribution in [2.45, 2.75) is 20.3 Å². The van der Waals surface area contributed by atoms with Gasteiger partial charge >= 0.3 is 0 Å². The Morgan fingerprint density at radius 2 is 2.22 bits per heavy atom. The molecule has 1 heterocycles. The number of nitrogens with zero attached hydrogens (tertiary/aromatic N) is 1. The lowest BCUT2D eigenvalue weighted by Crippen LogP contribution is -2.14. The summed E-state index contributed by atoms with van der Waals surface area (Å²) < 4.78 is 5.31. The monoisotopic (exact) mass is 250 g/mol. The summed E-state index contributed by atoms with van der Waals surface area (Å²) in [5, 5.41) is 14.2. The van der Waals surface area contributed by atoms with Crippen LogP contribution < -0.4 is 5.32 Å². The number of hydrogen-bond acceptors (Lipinski definition) is 4. The lowest BCUT2D eigenvalue weighted by atomic mass is 10.1. The van der Waals surface area contributed by atoms with Gasteiger partial charge in [-0.1, -0.05) is 0 Å². The number of ether oxygens (including phenoxy) is 1. The topological polar surface area (TPSA) is 64.4 Å². The van der Waals surface area contributed by atoms with Gasteiger partial charge in [-0.3, -0.25) is 10.1 Å². The van der Waals surface area contributed by atoms with Crippen LogP contribution in [0.2, 0.25) is 0 Å². The number of rotatable bonds is 4. The molecule has 1 saturated heterocycles. The summed E-state index contributed by atoms with van der Waals surface area (Å²) in [5.41, 5.74) is 2.76. The molecule has 1 N–H and O–H groups in total. The van der Waals surface area contributed by atoms with Crippen molar-refractivity contribution >= 4 is 11.4 Å². The van der Waals surface area contributed by atoms with Crippen molar-refractivity contribution in [3.05, 3.63) is 33.4 Å². The smallest absolute Gasteiger partial charge is 0.274 e. The molecule has 0 spiro atoms. The maximum atomic E-state index is 10.9. The molecule has 0 aromatic heterocycles. The Morgan fingerprint density at radius 1 is 1.44 bits per heavy atom. The Balaban J connectivity index is 2.11. The molecule has 98 valence electrons. The highest BCUT2D eigenvalue weighted by Gasteiger charge is 2.17. The van der Waals surface area contributed by atoms with Crippen LogP contribution in [0.3, 0.4) is 0 Å². The highest BCUT2D eigenvalue weighted by atomic mass is 16.6. The molecule has 1 unspecified atom stereocenters. The fourth-order valence-electron chi connectivity index (χ4n) is 2.23. The highest BCUT2D eigenvalue weighted by molar-refractivity contribution is 5.60. The van der Waals surface area contributed by atoms with E-state index in [4.69, 9.17) is 4.74 Å². The van der Waals surface area contributed by atoms with Gasteiger partial charge in [0.2, 0.25) is 0 Å². The fraction of sp³-hybridized carbons (Fsp3) is 0.538. The predicted molar refractivity (Wildman–Crippen MR) is 70.0 cm³/mol. The Morgan fingerprint density at radius 3 is 2.83 bits per heavy atom. The van der Waals surface area contributed by atoms with Crippen LogP contribution in [0.25, 0.3) is 0 Å². The van der Waals surface area contributed by atoms with Crippen molar-refractivity contribution in [1.29, 1.82) is 0 Å². The van der Waals surface area contributed by atoms with Gasteiger partial charge < -0.3 is 10.1 Å². The second-order valence-corrected chi connectivity index (χ2v) is 4.82. The zero-order chi connectivity index (χ0) is 13.1. The molecule has 18 heavy (non-hydrogen) atoms. The zero-order valence-corrected chi connectivity index (χ0v) is 10.7. The van der Waals surface area contributed by atoms with Crippen LogP contribution in [0.4, 0.5) is 11.4 Å². The Labute approximate surface area is 106 Å². The van der Waals surface area contributed by atoms with Gasteiger partial charge in [-0.25, -0.2) is 0 Å². The SMILES string of the molecule is Cc1cc(C)c([N+](=O)[O-])cc1NCC1CCOC1. The van der Waals surface area contributed by atoms with Crippen LogP contribution in [-0.2, 0) is 4.74 Å². The Bertz CT molecular complexity index is 454. The van der Waals surface area contributed by atoms with E-state index in [1.807, 2.05) is 13.0 Å². The van der Waals surface area contributed by atoms with E-state index in [9.17, 15) is 10.1 Å².